The van der Waals surface area contributed by atoms with E-state index in [4.69, 9.17) is 10.5 Å². The van der Waals surface area contributed by atoms with Gasteiger partial charge in [-0.3, -0.25) is 0 Å². The lowest BCUT2D eigenvalue weighted by molar-refractivity contribution is 0.139. The predicted molar refractivity (Wildman–Crippen MR) is 38.4 cm³/mol. The number of ether oxygens (including phenoxy) is 1. The maximum atomic E-state index is 5.20. The fourth-order valence-corrected chi connectivity index (χ4v) is 0.536. The van der Waals surface area contributed by atoms with Gasteiger partial charge in [-0.25, -0.2) is 0 Å². The summed E-state index contributed by atoms with van der Waals surface area (Å²) in [6.45, 7) is 3.14. The smallest absolute Gasteiger partial charge is 0.0588 e. The zero-order valence-corrected chi connectivity index (χ0v) is 6.02. The Kier molecular flexibility index (Phi) is 7.77. The molecule has 0 bridgehead atoms. The molecule has 0 saturated heterocycles. The van der Waals surface area contributed by atoms with E-state index in [9.17, 15) is 0 Å². The van der Waals surface area contributed by atoms with E-state index in [2.05, 4.69) is 5.32 Å². The lowest BCUT2D eigenvalue weighted by atomic mass is 10.4. The Labute approximate surface area is 56.6 Å². The summed E-state index contributed by atoms with van der Waals surface area (Å²) in [7, 11) is 1.93. The Morgan fingerprint density at radius 2 is 2.22 bits per heavy atom. The van der Waals surface area contributed by atoms with Gasteiger partial charge in [0.2, 0.25) is 0 Å². The Balaban J connectivity index is 2.60. The van der Waals surface area contributed by atoms with E-state index in [0.717, 1.165) is 19.6 Å². The molecule has 0 saturated carbocycles. The van der Waals surface area contributed by atoms with Gasteiger partial charge in [0.1, 0.15) is 0 Å². The molecule has 0 aromatic heterocycles. The van der Waals surface area contributed by atoms with Crippen molar-refractivity contribution in [3.63, 3.8) is 0 Å². The molecule has 0 rings (SSSR count). The standard InChI is InChI=1S/C6H16N2O/c1-8-4-2-5-9-6-3-7/h8H,2-7H2,1H3. The average Bonchev–Trinajstić information content (AvgIpc) is 1.89. The van der Waals surface area contributed by atoms with Crippen molar-refractivity contribution in [2.75, 3.05) is 33.4 Å². The summed E-state index contributed by atoms with van der Waals surface area (Å²) in [6, 6.07) is 0. The molecule has 0 aliphatic heterocycles. The molecule has 0 aromatic carbocycles. The van der Waals surface area contributed by atoms with E-state index in [1.807, 2.05) is 7.05 Å². The second-order valence-electron chi connectivity index (χ2n) is 1.86. The Morgan fingerprint density at radius 1 is 1.44 bits per heavy atom. The van der Waals surface area contributed by atoms with Crippen molar-refractivity contribution in [2.24, 2.45) is 5.73 Å². The minimum atomic E-state index is 0.625. The van der Waals surface area contributed by atoms with E-state index in [0.29, 0.717) is 13.2 Å². The van der Waals surface area contributed by atoms with Gasteiger partial charge in [-0.2, -0.15) is 0 Å². The maximum absolute atomic E-state index is 5.20. The van der Waals surface area contributed by atoms with E-state index in [1.54, 1.807) is 0 Å². The van der Waals surface area contributed by atoms with Gasteiger partial charge in [0.05, 0.1) is 6.61 Å². The molecule has 3 N–H and O–H groups in total. The molecule has 0 atom stereocenters. The van der Waals surface area contributed by atoms with Crippen molar-refractivity contribution in [3.8, 4) is 0 Å². The highest BCUT2D eigenvalue weighted by Crippen LogP contribution is 1.77. The summed E-state index contributed by atoms with van der Waals surface area (Å²) in [4.78, 5) is 0. The van der Waals surface area contributed by atoms with Crippen LogP contribution >= 0.6 is 0 Å². The van der Waals surface area contributed by atoms with Crippen LogP contribution < -0.4 is 11.1 Å². The van der Waals surface area contributed by atoms with Crippen molar-refractivity contribution in [2.45, 2.75) is 6.42 Å². The van der Waals surface area contributed by atoms with Crippen LogP contribution in [0.4, 0.5) is 0 Å². The topological polar surface area (TPSA) is 47.3 Å². The molecule has 9 heavy (non-hydrogen) atoms. The number of nitrogens with two attached hydrogens (primary N) is 1. The molecular weight excluding hydrogens is 116 g/mol. The van der Waals surface area contributed by atoms with Crippen molar-refractivity contribution in [1.29, 1.82) is 0 Å². The fourth-order valence-electron chi connectivity index (χ4n) is 0.536. The summed E-state index contributed by atoms with van der Waals surface area (Å²) in [5.74, 6) is 0. The van der Waals surface area contributed by atoms with Gasteiger partial charge in [0.25, 0.3) is 0 Å². The van der Waals surface area contributed by atoms with Crippen LogP contribution in [0, 0.1) is 0 Å². The number of nitrogens with one attached hydrogen (secondary N) is 1. The minimum Gasteiger partial charge on any atom is -0.380 e. The van der Waals surface area contributed by atoms with Gasteiger partial charge in [-0.15, -0.1) is 0 Å². The molecular formula is C6H16N2O. The molecule has 0 aliphatic rings. The van der Waals surface area contributed by atoms with Crippen LogP contribution in [0.5, 0.6) is 0 Å². The Hall–Kier alpha value is -0.120. The third kappa shape index (κ3) is 7.88. The molecule has 0 aromatic rings. The first-order valence-corrected chi connectivity index (χ1v) is 3.34. The highest BCUT2D eigenvalue weighted by Gasteiger charge is 1.84. The van der Waals surface area contributed by atoms with Gasteiger partial charge in [0.15, 0.2) is 0 Å². The van der Waals surface area contributed by atoms with Crippen molar-refractivity contribution in [3.05, 3.63) is 0 Å². The molecule has 3 nitrogen and oxygen atoms in total. The first-order chi connectivity index (χ1) is 4.41. The first kappa shape index (κ1) is 8.88. The third-order valence-corrected chi connectivity index (χ3v) is 0.978. The lowest BCUT2D eigenvalue weighted by Crippen LogP contribution is -2.13. The molecule has 3 heteroatoms. The van der Waals surface area contributed by atoms with Gasteiger partial charge in [-0.1, -0.05) is 0 Å². The highest BCUT2D eigenvalue weighted by atomic mass is 16.5. The van der Waals surface area contributed by atoms with Gasteiger partial charge in [0, 0.05) is 13.2 Å². The third-order valence-electron chi connectivity index (χ3n) is 0.978. The molecule has 0 heterocycles. The van der Waals surface area contributed by atoms with Crippen LogP contribution in [0.1, 0.15) is 6.42 Å². The summed E-state index contributed by atoms with van der Waals surface area (Å²) in [6.07, 6.45) is 1.07. The average molecular weight is 132 g/mol. The summed E-state index contributed by atoms with van der Waals surface area (Å²) in [5, 5.41) is 3.03. The molecule has 0 radical (unpaired) electrons. The van der Waals surface area contributed by atoms with Gasteiger partial charge in [-0.05, 0) is 20.0 Å². The second kappa shape index (κ2) is 7.88. The first-order valence-electron chi connectivity index (χ1n) is 3.34. The zero-order chi connectivity index (χ0) is 6.95. The predicted octanol–water partition coefficient (Wildman–Crippen LogP) is -0.429. The maximum Gasteiger partial charge on any atom is 0.0588 e. The molecule has 56 valence electrons. The quantitative estimate of drug-likeness (QED) is 0.482. The monoisotopic (exact) mass is 132 g/mol. The van der Waals surface area contributed by atoms with Crippen molar-refractivity contribution >= 4 is 0 Å². The summed E-state index contributed by atoms with van der Waals surface area (Å²) >= 11 is 0. The van der Waals surface area contributed by atoms with Crippen LogP contribution in [-0.4, -0.2) is 33.4 Å². The van der Waals surface area contributed by atoms with Crippen LogP contribution in [0.3, 0.4) is 0 Å². The number of rotatable bonds is 6. The Bertz CT molecular complexity index is 44.3. The van der Waals surface area contributed by atoms with Crippen molar-refractivity contribution in [1.82, 2.24) is 5.32 Å². The van der Waals surface area contributed by atoms with E-state index >= 15 is 0 Å². The summed E-state index contributed by atoms with van der Waals surface area (Å²) in [5.41, 5.74) is 5.20. The molecule has 0 spiro atoms. The fraction of sp³-hybridized carbons (Fsp3) is 1.00. The van der Waals surface area contributed by atoms with E-state index < -0.39 is 0 Å². The summed E-state index contributed by atoms with van der Waals surface area (Å²) < 4.78 is 5.12. The molecule has 0 amide bonds. The van der Waals surface area contributed by atoms with Crippen LogP contribution in [0.15, 0.2) is 0 Å². The Morgan fingerprint density at radius 3 is 2.78 bits per heavy atom. The molecule has 0 unspecified atom stereocenters. The highest BCUT2D eigenvalue weighted by molar-refractivity contribution is 4.39. The molecule has 0 aliphatic carbocycles. The minimum absolute atomic E-state index is 0.625. The molecule has 0 fully saturated rings. The van der Waals surface area contributed by atoms with Gasteiger partial charge < -0.3 is 15.8 Å². The van der Waals surface area contributed by atoms with Gasteiger partial charge >= 0.3 is 0 Å². The van der Waals surface area contributed by atoms with E-state index in [1.165, 1.54) is 0 Å². The SMILES string of the molecule is CNCCCOCCN. The number of hydrogen-bond donors (Lipinski definition) is 2. The number of hydrogen-bond acceptors (Lipinski definition) is 3. The van der Waals surface area contributed by atoms with Crippen LogP contribution in [-0.2, 0) is 4.74 Å². The van der Waals surface area contributed by atoms with Crippen LogP contribution in [0.2, 0.25) is 0 Å². The van der Waals surface area contributed by atoms with Crippen LogP contribution in [0.25, 0.3) is 0 Å². The van der Waals surface area contributed by atoms with E-state index in [-0.39, 0.29) is 0 Å². The van der Waals surface area contributed by atoms with Crippen molar-refractivity contribution < 1.29 is 4.74 Å². The zero-order valence-electron chi connectivity index (χ0n) is 6.02. The normalized spacial score (nSPS) is 10.0. The largest absolute Gasteiger partial charge is 0.380 e. The lowest BCUT2D eigenvalue weighted by Gasteiger charge is -2.00. The second-order valence-corrected chi connectivity index (χ2v) is 1.86.